The van der Waals surface area contributed by atoms with E-state index < -0.39 is 0 Å². The number of hydrogen-bond acceptors (Lipinski definition) is 4. The zero-order valence-electron chi connectivity index (χ0n) is 19.8. The van der Waals surface area contributed by atoms with E-state index in [-0.39, 0.29) is 17.2 Å². The van der Waals surface area contributed by atoms with Crippen molar-refractivity contribution in [2.24, 2.45) is 0 Å². The molecule has 2 aromatic carbocycles. The molecule has 0 radical (unpaired) electrons. The molecule has 37 heavy (non-hydrogen) atoms. The van der Waals surface area contributed by atoms with Gasteiger partial charge >= 0.3 is 0 Å². The predicted octanol–water partition coefficient (Wildman–Crippen LogP) is 5.41. The molecular weight excluding hydrogens is 509 g/mol. The summed E-state index contributed by atoms with van der Waals surface area (Å²) in [4.78, 5) is 34.9. The zero-order chi connectivity index (χ0) is 25.6. The summed E-state index contributed by atoms with van der Waals surface area (Å²) >= 11 is 12.2. The lowest BCUT2D eigenvalue weighted by molar-refractivity contribution is 0.0671. The van der Waals surface area contributed by atoms with Crippen LogP contribution in [0.5, 0.6) is 0 Å². The van der Waals surface area contributed by atoms with Crippen molar-refractivity contribution in [3.8, 4) is 5.82 Å². The largest absolute Gasteiger partial charge is 0.339 e. The molecule has 4 heterocycles. The number of fused-ring (bicyclic) bond motifs is 2. The first-order valence-corrected chi connectivity index (χ1v) is 12.8. The monoisotopic (exact) mass is 531 g/mol. The fraction of sp³-hybridized carbons (Fsp3) is 0.214. The van der Waals surface area contributed by atoms with Gasteiger partial charge < -0.3 is 9.80 Å². The standard InChI is InChI=1S/C28H23Cl2N5O2/c29-22-8-6-19(16-23(22)30)26(36)33-14-10-28(11-15-33)18-34(24-5-2-1-4-21(24)28)27(37)20-7-9-25(31-17-20)35-13-3-12-32-35/h1-9,12-13,16-17H,10-11,14-15,18H2. The first-order chi connectivity index (χ1) is 17.9. The molecule has 1 saturated heterocycles. The number of nitrogens with zero attached hydrogens (tertiary/aromatic N) is 5. The van der Waals surface area contributed by atoms with Gasteiger partial charge in [0, 0.05) is 54.9 Å². The van der Waals surface area contributed by atoms with Crippen molar-refractivity contribution in [2.75, 3.05) is 24.5 Å². The summed E-state index contributed by atoms with van der Waals surface area (Å²) in [6.45, 7) is 1.76. The number of anilines is 1. The summed E-state index contributed by atoms with van der Waals surface area (Å²) in [5, 5.41) is 4.98. The highest BCUT2D eigenvalue weighted by atomic mass is 35.5. The Kier molecular flexibility index (Phi) is 5.97. The maximum Gasteiger partial charge on any atom is 0.259 e. The minimum absolute atomic E-state index is 0.0593. The Bertz CT molecular complexity index is 1480. The molecule has 1 spiro atoms. The molecule has 1 fully saturated rings. The molecule has 7 nitrogen and oxygen atoms in total. The molecule has 2 aromatic heterocycles. The number of benzene rings is 2. The second-order valence-corrected chi connectivity index (χ2v) is 10.3. The Hall–Kier alpha value is -3.68. The van der Waals surface area contributed by atoms with E-state index in [1.54, 1.807) is 47.4 Å². The van der Waals surface area contributed by atoms with Crippen LogP contribution in [0, 0.1) is 0 Å². The van der Waals surface area contributed by atoms with E-state index in [4.69, 9.17) is 23.2 Å². The topological polar surface area (TPSA) is 71.3 Å². The molecule has 4 aromatic rings. The molecule has 6 rings (SSSR count). The van der Waals surface area contributed by atoms with Crippen molar-refractivity contribution in [1.29, 1.82) is 0 Å². The van der Waals surface area contributed by atoms with Crippen LogP contribution in [-0.2, 0) is 5.41 Å². The van der Waals surface area contributed by atoms with E-state index in [2.05, 4.69) is 16.1 Å². The van der Waals surface area contributed by atoms with Crippen molar-refractivity contribution >= 4 is 40.7 Å². The molecule has 0 aliphatic carbocycles. The molecule has 0 unspecified atom stereocenters. The highest BCUT2D eigenvalue weighted by Gasteiger charge is 2.47. The molecule has 2 aliphatic rings. The lowest BCUT2D eigenvalue weighted by atomic mass is 9.74. The van der Waals surface area contributed by atoms with E-state index >= 15 is 0 Å². The van der Waals surface area contributed by atoms with Crippen molar-refractivity contribution in [3.05, 3.63) is 106 Å². The SMILES string of the molecule is O=C(c1ccc(Cl)c(Cl)c1)N1CCC2(CC1)CN(C(=O)c1ccc(-n3cccn3)nc1)c1ccccc12. The second kappa shape index (κ2) is 9.32. The minimum Gasteiger partial charge on any atom is -0.339 e. The summed E-state index contributed by atoms with van der Waals surface area (Å²) in [5.74, 6) is 0.507. The fourth-order valence-electron chi connectivity index (χ4n) is 5.40. The van der Waals surface area contributed by atoms with Gasteiger partial charge in [0.15, 0.2) is 5.82 Å². The number of carbonyl (C=O) groups excluding carboxylic acids is 2. The van der Waals surface area contributed by atoms with Crippen LogP contribution in [0.4, 0.5) is 5.69 Å². The maximum absolute atomic E-state index is 13.6. The number of piperidine rings is 1. The molecule has 2 aliphatic heterocycles. The Morgan fingerprint density at radius 1 is 0.865 bits per heavy atom. The third-order valence-electron chi connectivity index (χ3n) is 7.38. The van der Waals surface area contributed by atoms with Gasteiger partial charge in [0.1, 0.15) is 0 Å². The molecule has 0 bridgehead atoms. The van der Waals surface area contributed by atoms with E-state index in [1.165, 1.54) is 0 Å². The lowest BCUT2D eigenvalue weighted by Crippen LogP contribution is -2.47. The maximum atomic E-state index is 13.6. The Morgan fingerprint density at radius 2 is 1.65 bits per heavy atom. The summed E-state index contributed by atoms with van der Waals surface area (Å²) in [6, 6.07) is 18.5. The van der Waals surface area contributed by atoms with Gasteiger partial charge in [-0.1, -0.05) is 41.4 Å². The molecule has 0 saturated carbocycles. The number of rotatable bonds is 3. The number of para-hydroxylation sites is 1. The van der Waals surface area contributed by atoms with E-state index in [1.807, 2.05) is 40.3 Å². The predicted molar refractivity (Wildman–Crippen MR) is 143 cm³/mol. The summed E-state index contributed by atoms with van der Waals surface area (Å²) < 4.78 is 1.65. The molecule has 9 heteroatoms. The van der Waals surface area contributed by atoms with Crippen molar-refractivity contribution in [3.63, 3.8) is 0 Å². The van der Waals surface area contributed by atoms with Crippen LogP contribution in [0.25, 0.3) is 5.82 Å². The van der Waals surface area contributed by atoms with Crippen LogP contribution in [0.15, 0.2) is 79.3 Å². The normalized spacial score (nSPS) is 16.2. The molecule has 0 N–H and O–H groups in total. The Balaban J connectivity index is 1.22. The van der Waals surface area contributed by atoms with Crippen LogP contribution >= 0.6 is 23.2 Å². The van der Waals surface area contributed by atoms with E-state index in [0.29, 0.717) is 46.6 Å². The first kappa shape index (κ1) is 23.7. The van der Waals surface area contributed by atoms with Crippen molar-refractivity contribution < 1.29 is 9.59 Å². The average molecular weight is 532 g/mol. The van der Waals surface area contributed by atoms with Gasteiger partial charge in [-0.25, -0.2) is 9.67 Å². The smallest absolute Gasteiger partial charge is 0.259 e. The molecule has 186 valence electrons. The van der Waals surface area contributed by atoms with E-state index in [9.17, 15) is 9.59 Å². The van der Waals surface area contributed by atoms with Gasteiger partial charge in [-0.3, -0.25) is 9.59 Å². The number of halogens is 2. The van der Waals surface area contributed by atoms with Crippen molar-refractivity contribution in [2.45, 2.75) is 18.3 Å². The third kappa shape index (κ3) is 4.18. The number of amides is 2. The van der Waals surface area contributed by atoms with Crippen LogP contribution in [0.3, 0.4) is 0 Å². The Morgan fingerprint density at radius 3 is 2.35 bits per heavy atom. The molecular formula is C28H23Cl2N5O2. The fourth-order valence-corrected chi connectivity index (χ4v) is 5.70. The van der Waals surface area contributed by atoms with Crippen LogP contribution in [0.2, 0.25) is 10.0 Å². The molecule has 0 atom stereocenters. The lowest BCUT2D eigenvalue weighted by Gasteiger charge is -2.40. The minimum atomic E-state index is -0.205. The summed E-state index contributed by atoms with van der Waals surface area (Å²) in [6.07, 6.45) is 6.62. The number of hydrogen-bond donors (Lipinski definition) is 0. The highest BCUT2D eigenvalue weighted by Crippen LogP contribution is 2.47. The van der Waals surface area contributed by atoms with E-state index in [0.717, 1.165) is 24.1 Å². The number of pyridine rings is 1. The van der Waals surface area contributed by atoms with Crippen molar-refractivity contribution in [1.82, 2.24) is 19.7 Å². The summed E-state index contributed by atoms with van der Waals surface area (Å²) in [5.41, 5.74) is 2.93. The quantitative estimate of drug-likeness (QED) is 0.354. The first-order valence-electron chi connectivity index (χ1n) is 12.1. The van der Waals surface area contributed by atoms with Gasteiger partial charge in [-0.2, -0.15) is 5.10 Å². The second-order valence-electron chi connectivity index (χ2n) is 9.47. The highest BCUT2D eigenvalue weighted by molar-refractivity contribution is 6.42. The van der Waals surface area contributed by atoms with Crippen LogP contribution in [-0.4, -0.2) is 51.1 Å². The van der Waals surface area contributed by atoms with Gasteiger partial charge in [0.05, 0.1) is 15.6 Å². The van der Waals surface area contributed by atoms with Gasteiger partial charge in [0.2, 0.25) is 0 Å². The molecule has 2 amide bonds. The third-order valence-corrected chi connectivity index (χ3v) is 8.12. The van der Waals surface area contributed by atoms with Gasteiger partial charge in [0.25, 0.3) is 11.8 Å². The Labute approximate surface area is 224 Å². The number of likely N-dealkylation sites (tertiary alicyclic amines) is 1. The number of aromatic nitrogens is 3. The van der Waals surface area contributed by atoms with Crippen LogP contribution < -0.4 is 4.90 Å². The van der Waals surface area contributed by atoms with Gasteiger partial charge in [-0.15, -0.1) is 0 Å². The van der Waals surface area contributed by atoms with Gasteiger partial charge in [-0.05, 0) is 60.9 Å². The summed E-state index contributed by atoms with van der Waals surface area (Å²) in [7, 11) is 0. The average Bonchev–Trinajstić information content (AvgIpc) is 3.58. The number of carbonyl (C=O) groups is 2. The zero-order valence-corrected chi connectivity index (χ0v) is 21.4. The van der Waals surface area contributed by atoms with Crippen LogP contribution in [0.1, 0.15) is 39.1 Å².